The lowest BCUT2D eigenvalue weighted by Gasteiger charge is -2.12. The molecule has 0 radical (unpaired) electrons. The summed E-state index contributed by atoms with van der Waals surface area (Å²) in [6, 6.07) is 7.42. The number of rotatable bonds is 7. The molecule has 0 aromatic heterocycles. The zero-order valence-corrected chi connectivity index (χ0v) is 11.2. The van der Waals surface area contributed by atoms with Crippen molar-refractivity contribution in [2.45, 2.75) is 33.2 Å². The van der Waals surface area contributed by atoms with Gasteiger partial charge in [-0.15, -0.1) is 0 Å². The summed E-state index contributed by atoms with van der Waals surface area (Å²) in [5, 5.41) is 2.84. The molecule has 18 heavy (non-hydrogen) atoms. The van der Waals surface area contributed by atoms with Crippen LogP contribution in [0.4, 0.5) is 0 Å². The van der Waals surface area contributed by atoms with Gasteiger partial charge in [0.05, 0.1) is 6.61 Å². The second-order valence-corrected chi connectivity index (χ2v) is 4.07. The van der Waals surface area contributed by atoms with E-state index in [1.54, 1.807) is 12.1 Å². The van der Waals surface area contributed by atoms with Crippen molar-refractivity contribution in [3.8, 4) is 11.5 Å². The average Bonchev–Trinajstić information content (AvgIpc) is 2.38. The molecule has 0 saturated heterocycles. The highest BCUT2D eigenvalue weighted by atomic mass is 16.5. The van der Waals surface area contributed by atoms with Gasteiger partial charge in [-0.1, -0.05) is 6.92 Å². The SMILES string of the molecule is CCOc1ccc(OCC(=O)N[C@@H](C)CC)cc1. The maximum absolute atomic E-state index is 11.5. The van der Waals surface area contributed by atoms with Crippen LogP contribution in [0.15, 0.2) is 24.3 Å². The number of carbonyl (C=O) groups excluding carboxylic acids is 1. The molecule has 0 aliphatic rings. The predicted octanol–water partition coefficient (Wildman–Crippen LogP) is 2.38. The van der Waals surface area contributed by atoms with Crippen molar-refractivity contribution >= 4 is 5.91 Å². The van der Waals surface area contributed by atoms with Gasteiger partial charge in [0.25, 0.3) is 5.91 Å². The van der Waals surface area contributed by atoms with E-state index < -0.39 is 0 Å². The third-order valence-corrected chi connectivity index (χ3v) is 2.52. The minimum absolute atomic E-state index is 0.0400. The molecule has 0 saturated carbocycles. The van der Waals surface area contributed by atoms with E-state index in [9.17, 15) is 4.79 Å². The fraction of sp³-hybridized carbons (Fsp3) is 0.500. The number of hydrogen-bond acceptors (Lipinski definition) is 3. The quantitative estimate of drug-likeness (QED) is 0.809. The molecular weight excluding hydrogens is 230 g/mol. The number of carbonyl (C=O) groups is 1. The molecule has 0 aliphatic heterocycles. The van der Waals surface area contributed by atoms with Crippen molar-refractivity contribution in [3.05, 3.63) is 24.3 Å². The molecule has 1 aromatic carbocycles. The number of nitrogens with one attached hydrogen (secondary N) is 1. The molecular formula is C14H21NO3. The zero-order valence-electron chi connectivity index (χ0n) is 11.2. The van der Waals surface area contributed by atoms with Gasteiger partial charge in [-0.3, -0.25) is 4.79 Å². The molecule has 100 valence electrons. The van der Waals surface area contributed by atoms with E-state index in [4.69, 9.17) is 9.47 Å². The fourth-order valence-corrected chi connectivity index (χ4v) is 1.37. The molecule has 0 bridgehead atoms. The summed E-state index contributed by atoms with van der Waals surface area (Å²) in [7, 11) is 0. The van der Waals surface area contributed by atoms with Crippen molar-refractivity contribution < 1.29 is 14.3 Å². The lowest BCUT2D eigenvalue weighted by Crippen LogP contribution is -2.35. The van der Waals surface area contributed by atoms with Gasteiger partial charge < -0.3 is 14.8 Å². The van der Waals surface area contributed by atoms with Crippen molar-refractivity contribution in [1.82, 2.24) is 5.32 Å². The first-order valence-electron chi connectivity index (χ1n) is 6.30. The summed E-state index contributed by atoms with van der Waals surface area (Å²) in [4.78, 5) is 11.5. The second kappa shape index (κ2) is 7.58. The lowest BCUT2D eigenvalue weighted by atomic mass is 10.2. The smallest absolute Gasteiger partial charge is 0.258 e. The normalized spacial score (nSPS) is 11.7. The molecule has 4 heteroatoms. The van der Waals surface area contributed by atoms with Crippen LogP contribution >= 0.6 is 0 Å². The van der Waals surface area contributed by atoms with Crippen LogP contribution in [-0.4, -0.2) is 25.2 Å². The molecule has 1 atom stereocenters. The van der Waals surface area contributed by atoms with E-state index in [1.165, 1.54) is 0 Å². The van der Waals surface area contributed by atoms with Crippen LogP contribution in [0.25, 0.3) is 0 Å². The highest BCUT2D eigenvalue weighted by molar-refractivity contribution is 5.77. The Hall–Kier alpha value is -1.71. The van der Waals surface area contributed by atoms with Crippen molar-refractivity contribution in [3.63, 3.8) is 0 Å². The monoisotopic (exact) mass is 251 g/mol. The van der Waals surface area contributed by atoms with Crippen LogP contribution in [0.2, 0.25) is 0 Å². The number of benzene rings is 1. The Balaban J connectivity index is 2.36. The van der Waals surface area contributed by atoms with Crippen LogP contribution in [0, 0.1) is 0 Å². The number of amides is 1. The Morgan fingerprint density at radius 2 is 1.72 bits per heavy atom. The first-order chi connectivity index (χ1) is 8.65. The maximum atomic E-state index is 11.5. The Morgan fingerprint density at radius 3 is 2.22 bits per heavy atom. The maximum Gasteiger partial charge on any atom is 0.258 e. The van der Waals surface area contributed by atoms with Crippen LogP contribution in [0.3, 0.4) is 0 Å². The average molecular weight is 251 g/mol. The summed E-state index contributed by atoms with van der Waals surface area (Å²) in [6.45, 7) is 6.60. The van der Waals surface area contributed by atoms with E-state index in [2.05, 4.69) is 5.32 Å². The minimum atomic E-state index is -0.0989. The first-order valence-corrected chi connectivity index (χ1v) is 6.30. The third kappa shape index (κ3) is 5.08. The third-order valence-electron chi connectivity index (χ3n) is 2.52. The van der Waals surface area contributed by atoms with E-state index in [1.807, 2.05) is 32.9 Å². The lowest BCUT2D eigenvalue weighted by molar-refractivity contribution is -0.123. The fourth-order valence-electron chi connectivity index (χ4n) is 1.37. The van der Waals surface area contributed by atoms with Crippen molar-refractivity contribution in [2.24, 2.45) is 0 Å². The summed E-state index contributed by atoms with van der Waals surface area (Å²) in [6.07, 6.45) is 0.912. The van der Waals surface area contributed by atoms with Crippen LogP contribution in [0.5, 0.6) is 11.5 Å². The van der Waals surface area contributed by atoms with Gasteiger partial charge >= 0.3 is 0 Å². The molecule has 1 amide bonds. The summed E-state index contributed by atoms with van der Waals surface area (Å²) in [5.41, 5.74) is 0. The molecule has 1 aromatic rings. The molecule has 0 unspecified atom stereocenters. The van der Waals surface area contributed by atoms with E-state index in [-0.39, 0.29) is 18.6 Å². The largest absolute Gasteiger partial charge is 0.494 e. The van der Waals surface area contributed by atoms with Gasteiger partial charge in [0.15, 0.2) is 6.61 Å². The van der Waals surface area contributed by atoms with Gasteiger partial charge in [-0.05, 0) is 44.5 Å². The molecule has 4 nitrogen and oxygen atoms in total. The van der Waals surface area contributed by atoms with Gasteiger partial charge in [-0.2, -0.15) is 0 Å². The molecule has 0 spiro atoms. The molecule has 1 rings (SSSR count). The first kappa shape index (κ1) is 14.4. The van der Waals surface area contributed by atoms with Gasteiger partial charge in [0.1, 0.15) is 11.5 Å². The Kier molecular flexibility index (Phi) is 6.05. The standard InChI is InChI=1S/C14H21NO3/c1-4-11(3)15-14(16)10-18-13-8-6-12(7-9-13)17-5-2/h6-9,11H,4-5,10H2,1-3H3,(H,15,16)/t11-/m0/s1. The van der Waals surface area contributed by atoms with E-state index >= 15 is 0 Å². The number of ether oxygens (including phenoxy) is 2. The van der Waals surface area contributed by atoms with Crippen LogP contribution in [-0.2, 0) is 4.79 Å². The summed E-state index contributed by atoms with van der Waals surface area (Å²) >= 11 is 0. The van der Waals surface area contributed by atoms with Crippen LogP contribution < -0.4 is 14.8 Å². The zero-order chi connectivity index (χ0) is 13.4. The van der Waals surface area contributed by atoms with Crippen molar-refractivity contribution in [2.75, 3.05) is 13.2 Å². The Labute approximate surface area is 108 Å². The number of hydrogen-bond donors (Lipinski definition) is 1. The van der Waals surface area contributed by atoms with Gasteiger partial charge in [-0.25, -0.2) is 0 Å². The highest BCUT2D eigenvalue weighted by Crippen LogP contribution is 2.17. The van der Waals surface area contributed by atoms with E-state index in [0.29, 0.717) is 12.4 Å². The van der Waals surface area contributed by atoms with Gasteiger partial charge in [0, 0.05) is 6.04 Å². The predicted molar refractivity (Wildman–Crippen MR) is 71.0 cm³/mol. The van der Waals surface area contributed by atoms with Crippen LogP contribution in [0.1, 0.15) is 27.2 Å². The van der Waals surface area contributed by atoms with E-state index in [0.717, 1.165) is 12.2 Å². The molecule has 0 heterocycles. The topological polar surface area (TPSA) is 47.6 Å². The molecule has 0 aliphatic carbocycles. The molecule has 0 fully saturated rings. The van der Waals surface area contributed by atoms with Gasteiger partial charge in [0.2, 0.25) is 0 Å². The summed E-state index contributed by atoms with van der Waals surface area (Å²) < 4.78 is 10.7. The Bertz CT molecular complexity index is 362. The summed E-state index contributed by atoms with van der Waals surface area (Å²) in [5.74, 6) is 1.37. The minimum Gasteiger partial charge on any atom is -0.494 e. The Morgan fingerprint density at radius 1 is 1.17 bits per heavy atom. The molecule has 1 N–H and O–H groups in total. The second-order valence-electron chi connectivity index (χ2n) is 4.07. The van der Waals surface area contributed by atoms with Crippen molar-refractivity contribution in [1.29, 1.82) is 0 Å². The highest BCUT2D eigenvalue weighted by Gasteiger charge is 2.06.